The van der Waals surface area contributed by atoms with Crippen LogP contribution in [0.1, 0.15) is 67.9 Å². The molecule has 2 aliphatic rings. The third kappa shape index (κ3) is 3.26. The van der Waals surface area contributed by atoms with Crippen LogP contribution in [0.4, 0.5) is 0 Å². The van der Waals surface area contributed by atoms with Crippen molar-refractivity contribution in [2.75, 3.05) is 6.61 Å². The Morgan fingerprint density at radius 3 is 2.27 bits per heavy atom. The molecule has 2 aliphatic carbocycles. The van der Waals surface area contributed by atoms with Crippen molar-refractivity contribution in [3.8, 4) is 6.07 Å². The maximum atomic E-state index is 13.0. The first kappa shape index (κ1) is 19.5. The number of carbonyl (C=O) groups is 4. The summed E-state index contributed by atoms with van der Waals surface area (Å²) in [5, 5.41) is 12.0. The number of nitrogens with one attached hydrogen (secondary N) is 1. The Labute approximate surface area is 172 Å². The Morgan fingerprint density at radius 2 is 1.60 bits per heavy atom. The highest BCUT2D eigenvalue weighted by Gasteiger charge is 2.36. The first-order valence-corrected chi connectivity index (χ1v) is 9.66. The van der Waals surface area contributed by atoms with Crippen molar-refractivity contribution in [1.29, 1.82) is 5.26 Å². The molecular formula is C23H18N2O5. The van der Waals surface area contributed by atoms with Gasteiger partial charge in [-0.15, -0.1) is 0 Å². The standard InChI is InChI=1S/C23H18N2O5/c24-13-23(10-3-4-11-23)25-18(26)12-30-22(29)17-9-5-8-16-19(17)21(28)15-7-2-1-6-14(15)20(16)27/h1-2,5-9H,3-4,10-12H2,(H,25,26). The summed E-state index contributed by atoms with van der Waals surface area (Å²) in [6.07, 6.45) is 2.82. The largest absolute Gasteiger partial charge is 0.452 e. The molecule has 150 valence electrons. The predicted octanol–water partition coefficient (Wildman–Crippen LogP) is 2.57. The second-order valence-corrected chi connectivity index (χ2v) is 7.46. The normalized spacial score (nSPS) is 16.2. The van der Waals surface area contributed by atoms with Gasteiger partial charge in [-0.2, -0.15) is 5.26 Å². The van der Waals surface area contributed by atoms with Gasteiger partial charge in [0.25, 0.3) is 5.91 Å². The van der Waals surface area contributed by atoms with Crippen molar-refractivity contribution in [2.45, 2.75) is 31.2 Å². The third-order valence-corrected chi connectivity index (χ3v) is 5.56. The van der Waals surface area contributed by atoms with Crippen LogP contribution >= 0.6 is 0 Å². The zero-order chi connectivity index (χ0) is 21.3. The van der Waals surface area contributed by atoms with Gasteiger partial charge in [0.15, 0.2) is 18.2 Å². The molecule has 0 unspecified atom stereocenters. The number of fused-ring (bicyclic) bond motifs is 2. The fraction of sp³-hybridized carbons (Fsp3) is 0.261. The number of nitriles is 1. The fourth-order valence-corrected chi connectivity index (χ4v) is 4.07. The summed E-state index contributed by atoms with van der Waals surface area (Å²) in [7, 11) is 0. The highest BCUT2D eigenvalue weighted by molar-refractivity contribution is 6.30. The molecule has 0 aromatic heterocycles. The Bertz CT molecular complexity index is 1120. The minimum absolute atomic E-state index is 0.0177. The quantitative estimate of drug-likeness (QED) is 0.671. The van der Waals surface area contributed by atoms with E-state index in [1.54, 1.807) is 18.2 Å². The van der Waals surface area contributed by atoms with E-state index in [9.17, 15) is 24.4 Å². The first-order valence-electron chi connectivity index (χ1n) is 9.66. The molecule has 1 saturated carbocycles. The van der Waals surface area contributed by atoms with Crippen LogP contribution in [-0.4, -0.2) is 35.6 Å². The number of benzene rings is 2. The van der Waals surface area contributed by atoms with E-state index in [0.29, 0.717) is 18.4 Å². The summed E-state index contributed by atoms with van der Waals surface area (Å²) in [5.74, 6) is -2.24. The summed E-state index contributed by atoms with van der Waals surface area (Å²) in [6.45, 7) is -0.579. The van der Waals surface area contributed by atoms with Crippen LogP contribution < -0.4 is 5.32 Å². The summed E-state index contributed by atoms with van der Waals surface area (Å²) in [4.78, 5) is 50.6. The van der Waals surface area contributed by atoms with E-state index < -0.39 is 29.8 Å². The number of ketones is 2. The van der Waals surface area contributed by atoms with Crippen LogP contribution in [0.15, 0.2) is 42.5 Å². The highest BCUT2D eigenvalue weighted by Crippen LogP contribution is 2.30. The molecule has 2 aromatic rings. The molecule has 7 nitrogen and oxygen atoms in total. The average molecular weight is 402 g/mol. The molecule has 2 aromatic carbocycles. The summed E-state index contributed by atoms with van der Waals surface area (Å²) >= 11 is 0. The van der Waals surface area contributed by atoms with E-state index in [1.807, 2.05) is 0 Å². The number of hydrogen-bond acceptors (Lipinski definition) is 6. The van der Waals surface area contributed by atoms with Gasteiger partial charge in [0.05, 0.1) is 11.6 Å². The topological polar surface area (TPSA) is 113 Å². The van der Waals surface area contributed by atoms with E-state index in [1.165, 1.54) is 24.3 Å². The van der Waals surface area contributed by atoms with Gasteiger partial charge < -0.3 is 10.1 Å². The Balaban J connectivity index is 1.54. The maximum absolute atomic E-state index is 13.0. The van der Waals surface area contributed by atoms with Crippen LogP contribution in [0.5, 0.6) is 0 Å². The lowest BCUT2D eigenvalue weighted by Crippen LogP contribution is -2.46. The number of esters is 1. The predicted molar refractivity (Wildman–Crippen MR) is 105 cm³/mol. The maximum Gasteiger partial charge on any atom is 0.339 e. The van der Waals surface area contributed by atoms with Crippen molar-refractivity contribution in [3.63, 3.8) is 0 Å². The highest BCUT2D eigenvalue weighted by atomic mass is 16.5. The Morgan fingerprint density at radius 1 is 0.967 bits per heavy atom. The van der Waals surface area contributed by atoms with Crippen molar-refractivity contribution in [2.24, 2.45) is 0 Å². The molecule has 1 fully saturated rings. The molecule has 1 amide bonds. The van der Waals surface area contributed by atoms with Crippen molar-refractivity contribution in [3.05, 3.63) is 70.3 Å². The molecule has 0 atom stereocenters. The molecule has 0 saturated heterocycles. The van der Waals surface area contributed by atoms with Crippen LogP contribution in [0.2, 0.25) is 0 Å². The SMILES string of the molecule is N#CC1(NC(=O)COC(=O)c2cccc3c2C(=O)c2ccccc2C3=O)CCCC1. The third-order valence-electron chi connectivity index (χ3n) is 5.56. The molecule has 30 heavy (non-hydrogen) atoms. The molecule has 1 N–H and O–H groups in total. The van der Waals surface area contributed by atoms with Crippen molar-refractivity contribution >= 4 is 23.4 Å². The minimum Gasteiger partial charge on any atom is -0.452 e. The second-order valence-electron chi connectivity index (χ2n) is 7.46. The number of nitrogens with zero attached hydrogens (tertiary/aromatic N) is 1. The van der Waals surface area contributed by atoms with Gasteiger partial charge in [-0.3, -0.25) is 14.4 Å². The van der Waals surface area contributed by atoms with E-state index in [-0.39, 0.29) is 28.0 Å². The summed E-state index contributed by atoms with van der Waals surface area (Å²) in [5.41, 5.74) is -0.350. The van der Waals surface area contributed by atoms with Gasteiger partial charge in [0.1, 0.15) is 5.54 Å². The first-order chi connectivity index (χ1) is 14.5. The van der Waals surface area contributed by atoms with Gasteiger partial charge in [0.2, 0.25) is 0 Å². The zero-order valence-electron chi connectivity index (χ0n) is 16.1. The van der Waals surface area contributed by atoms with Crippen LogP contribution in [0, 0.1) is 11.3 Å². The fourth-order valence-electron chi connectivity index (χ4n) is 4.07. The monoisotopic (exact) mass is 402 g/mol. The molecule has 0 bridgehead atoms. The summed E-state index contributed by atoms with van der Waals surface area (Å²) in [6, 6.07) is 12.9. The molecule has 0 aliphatic heterocycles. The summed E-state index contributed by atoms with van der Waals surface area (Å²) < 4.78 is 5.10. The number of amides is 1. The minimum atomic E-state index is -0.915. The number of rotatable bonds is 4. The molecule has 0 heterocycles. The van der Waals surface area contributed by atoms with Crippen LogP contribution in [0.3, 0.4) is 0 Å². The van der Waals surface area contributed by atoms with Gasteiger partial charge in [-0.1, -0.05) is 36.4 Å². The molecule has 7 heteroatoms. The lowest BCUT2D eigenvalue weighted by atomic mass is 9.82. The van der Waals surface area contributed by atoms with Crippen LogP contribution in [-0.2, 0) is 9.53 Å². The molecule has 4 rings (SSSR count). The lowest BCUT2D eigenvalue weighted by molar-refractivity contribution is -0.125. The van der Waals surface area contributed by atoms with Gasteiger partial charge in [-0.25, -0.2) is 4.79 Å². The van der Waals surface area contributed by atoms with Crippen molar-refractivity contribution in [1.82, 2.24) is 5.32 Å². The number of ether oxygens (including phenoxy) is 1. The Kier molecular flexibility index (Phi) is 4.92. The van der Waals surface area contributed by atoms with E-state index >= 15 is 0 Å². The van der Waals surface area contributed by atoms with Gasteiger partial charge in [-0.05, 0) is 31.7 Å². The van der Waals surface area contributed by atoms with Crippen molar-refractivity contribution < 1.29 is 23.9 Å². The second kappa shape index (κ2) is 7.56. The molecule has 0 spiro atoms. The van der Waals surface area contributed by atoms with E-state index in [0.717, 1.165) is 12.8 Å². The average Bonchev–Trinajstić information content (AvgIpc) is 3.24. The molecular weight excluding hydrogens is 384 g/mol. The van der Waals surface area contributed by atoms with Gasteiger partial charge >= 0.3 is 5.97 Å². The van der Waals surface area contributed by atoms with Crippen LogP contribution in [0.25, 0.3) is 0 Å². The number of hydrogen-bond donors (Lipinski definition) is 1. The van der Waals surface area contributed by atoms with Gasteiger partial charge in [0, 0.05) is 22.3 Å². The smallest absolute Gasteiger partial charge is 0.339 e. The van der Waals surface area contributed by atoms with E-state index in [2.05, 4.69) is 11.4 Å². The van der Waals surface area contributed by atoms with E-state index in [4.69, 9.17) is 4.74 Å². The zero-order valence-corrected chi connectivity index (χ0v) is 16.1. The number of carbonyl (C=O) groups excluding carboxylic acids is 4. The lowest BCUT2D eigenvalue weighted by Gasteiger charge is -2.22. The Hall–Kier alpha value is -3.79. The molecule has 0 radical (unpaired) electrons.